The number of anilines is 1. The van der Waals surface area contributed by atoms with Gasteiger partial charge in [-0.1, -0.05) is 11.2 Å². The Morgan fingerprint density at radius 2 is 2.35 bits per heavy atom. The summed E-state index contributed by atoms with van der Waals surface area (Å²) in [5.74, 6) is 1.35. The van der Waals surface area contributed by atoms with Gasteiger partial charge in [-0.2, -0.15) is 10.1 Å². The Morgan fingerprint density at radius 3 is 3.17 bits per heavy atom. The van der Waals surface area contributed by atoms with E-state index < -0.39 is 0 Å². The number of urea groups is 1. The zero-order chi connectivity index (χ0) is 15.8. The lowest BCUT2D eigenvalue weighted by Crippen LogP contribution is -2.32. The number of nitrogens with zero attached hydrogens (tertiary/aromatic N) is 5. The van der Waals surface area contributed by atoms with E-state index in [4.69, 9.17) is 4.52 Å². The SMILES string of the molecule is Cc1nc(C2CCN(C(=O)Nc3cnn4ccccc34)C2)no1. The first-order valence-corrected chi connectivity index (χ1v) is 7.49. The van der Waals surface area contributed by atoms with Crippen molar-refractivity contribution in [1.82, 2.24) is 24.7 Å². The van der Waals surface area contributed by atoms with Gasteiger partial charge in [-0.05, 0) is 18.6 Å². The predicted molar refractivity (Wildman–Crippen MR) is 82.2 cm³/mol. The monoisotopic (exact) mass is 312 g/mol. The molecule has 0 spiro atoms. The molecule has 8 nitrogen and oxygen atoms in total. The predicted octanol–water partition coefficient (Wildman–Crippen LogP) is 2.05. The number of aryl methyl sites for hydroxylation is 1. The number of carbonyl (C=O) groups is 1. The lowest BCUT2D eigenvalue weighted by molar-refractivity contribution is 0.222. The molecule has 1 aliphatic rings. The van der Waals surface area contributed by atoms with Crippen LogP contribution in [0.1, 0.15) is 24.1 Å². The number of rotatable bonds is 2. The number of fused-ring (bicyclic) bond motifs is 1. The van der Waals surface area contributed by atoms with Crippen molar-refractivity contribution < 1.29 is 9.32 Å². The van der Waals surface area contributed by atoms with Crippen molar-refractivity contribution in [1.29, 1.82) is 0 Å². The highest BCUT2D eigenvalue weighted by Gasteiger charge is 2.30. The first kappa shape index (κ1) is 13.7. The lowest BCUT2D eigenvalue weighted by Gasteiger charge is -2.16. The van der Waals surface area contributed by atoms with Crippen LogP contribution in [-0.4, -0.2) is 43.8 Å². The van der Waals surface area contributed by atoms with Crippen molar-refractivity contribution in [2.45, 2.75) is 19.3 Å². The van der Waals surface area contributed by atoms with E-state index in [1.807, 2.05) is 24.4 Å². The fraction of sp³-hybridized carbons (Fsp3) is 0.333. The van der Waals surface area contributed by atoms with Crippen LogP contribution in [0.2, 0.25) is 0 Å². The normalized spacial score (nSPS) is 17.8. The Kier molecular flexibility index (Phi) is 3.22. The van der Waals surface area contributed by atoms with Crippen molar-refractivity contribution in [2.75, 3.05) is 18.4 Å². The molecule has 0 bridgehead atoms. The average molecular weight is 312 g/mol. The van der Waals surface area contributed by atoms with Gasteiger partial charge < -0.3 is 14.7 Å². The third kappa shape index (κ3) is 2.52. The quantitative estimate of drug-likeness (QED) is 0.782. The van der Waals surface area contributed by atoms with Crippen LogP contribution < -0.4 is 5.32 Å². The molecule has 3 aromatic heterocycles. The van der Waals surface area contributed by atoms with E-state index in [9.17, 15) is 4.79 Å². The molecular weight excluding hydrogens is 296 g/mol. The molecule has 0 radical (unpaired) electrons. The first-order chi connectivity index (χ1) is 11.2. The molecule has 0 aromatic carbocycles. The van der Waals surface area contributed by atoms with Gasteiger partial charge in [-0.15, -0.1) is 0 Å². The number of likely N-dealkylation sites (tertiary alicyclic amines) is 1. The fourth-order valence-electron chi connectivity index (χ4n) is 2.86. The Hall–Kier alpha value is -2.90. The van der Waals surface area contributed by atoms with Gasteiger partial charge >= 0.3 is 6.03 Å². The second-order valence-electron chi connectivity index (χ2n) is 5.62. The van der Waals surface area contributed by atoms with Gasteiger partial charge in [-0.25, -0.2) is 9.31 Å². The summed E-state index contributed by atoms with van der Waals surface area (Å²) in [7, 11) is 0. The second-order valence-corrected chi connectivity index (χ2v) is 5.62. The Bertz CT molecular complexity index is 854. The number of amides is 2. The van der Waals surface area contributed by atoms with E-state index in [1.165, 1.54) is 0 Å². The molecule has 1 atom stereocenters. The zero-order valence-corrected chi connectivity index (χ0v) is 12.6. The van der Waals surface area contributed by atoms with Gasteiger partial charge in [0, 0.05) is 32.1 Å². The van der Waals surface area contributed by atoms with E-state index in [2.05, 4.69) is 20.6 Å². The Morgan fingerprint density at radius 1 is 1.43 bits per heavy atom. The summed E-state index contributed by atoms with van der Waals surface area (Å²) in [5.41, 5.74) is 1.57. The summed E-state index contributed by atoms with van der Waals surface area (Å²) in [4.78, 5) is 18.5. The molecule has 1 saturated heterocycles. The molecule has 1 fully saturated rings. The summed E-state index contributed by atoms with van der Waals surface area (Å²) in [5, 5.41) is 11.1. The lowest BCUT2D eigenvalue weighted by atomic mass is 10.1. The summed E-state index contributed by atoms with van der Waals surface area (Å²) >= 11 is 0. The molecule has 118 valence electrons. The number of aromatic nitrogens is 4. The molecule has 3 aromatic rings. The third-order valence-corrected chi connectivity index (χ3v) is 4.05. The number of nitrogens with one attached hydrogen (secondary N) is 1. The standard InChI is InChI=1S/C15H16N6O2/c1-10-17-14(19-23-10)11-5-7-20(9-11)15(22)18-12-8-16-21-6-3-2-4-13(12)21/h2-4,6,8,11H,5,7,9H2,1H3,(H,18,22). The van der Waals surface area contributed by atoms with E-state index in [-0.39, 0.29) is 11.9 Å². The number of pyridine rings is 1. The van der Waals surface area contributed by atoms with Crippen molar-refractivity contribution in [3.05, 3.63) is 42.3 Å². The minimum absolute atomic E-state index is 0.127. The molecule has 1 aliphatic heterocycles. The Labute approximate surface area is 132 Å². The largest absolute Gasteiger partial charge is 0.340 e. The van der Waals surface area contributed by atoms with Gasteiger partial charge in [0.25, 0.3) is 0 Å². The van der Waals surface area contributed by atoms with Crippen LogP contribution >= 0.6 is 0 Å². The second kappa shape index (κ2) is 5.38. The number of hydrogen-bond acceptors (Lipinski definition) is 5. The van der Waals surface area contributed by atoms with Crippen LogP contribution in [0.5, 0.6) is 0 Å². The van der Waals surface area contributed by atoms with Crippen LogP contribution in [0.3, 0.4) is 0 Å². The van der Waals surface area contributed by atoms with Crippen molar-refractivity contribution in [2.24, 2.45) is 0 Å². The summed E-state index contributed by atoms with van der Waals surface area (Å²) in [6.45, 7) is 3.02. The Balaban J connectivity index is 1.46. The molecular formula is C15H16N6O2. The summed E-state index contributed by atoms with van der Waals surface area (Å²) in [6, 6.07) is 5.59. The van der Waals surface area contributed by atoms with Gasteiger partial charge in [0.05, 0.1) is 17.4 Å². The van der Waals surface area contributed by atoms with Gasteiger partial charge in [0.1, 0.15) is 0 Å². The maximum atomic E-state index is 12.5. The molecule has 0 aliphatic carbocycles. The van der Waals surface area contributed by atoms with Crippen LogP contribution in [0.15, 0.2) is 35.1 Å². The van der Waals surface area contributed by atoms with Gasteiger partial charge in [-0.3, -0.25) is 0 Å². The third-order valence-electron chi connectivity index (χ3n) is 4.05. The van der Waals surface area contributed by atoms with Crippen LogP contribution in [0.25, 0.3) is 5.52 Å². The highest BCUT2D eigenvalue weighted by molar-refractivity contribution is 5.94. The number of hydrogen-bond donors (Lipinski definition) is 1. The van der Waals surface area contributed by atoms with E-state index in [1.54, 1.807) is 22.5 Å². The van der Waals surface area contributed by atoms with Gasteiger partial charge in [0.2, 0.25) is 5.89 Å². The van der Waals surface area contributed by atoms with Crippen LogP contribution in [0.4, 0.5) is 10.5 Å². The van der Waals surface area contributed by atoms with Crippen molar-refractivity contribution >= 4 is 17.2 Å². The molecule has 1 unspecified atom stereocenters. The van der Waals surface area contributed by atoms with E-state index in [0.717, 1.165) is 11.9 Å². The topological polar surface area (TPSA) is 88.6 Å². The molecule has 4 heterocycles. The fourth-order valence-corrected chi connectivity index (χ4v) is 2.86. The van der Waals surface area contributed by atoms with E-state index >= 15 is 0 Å². The molecule has 0 saturated carbocycles. The maximum Gasteiger partial charge on any atom is 0.321 e. The minimum Gasteiger partial charge on any atom is -0.340 e. The first-order valence-electron chi connectivity index (χ1n) is 7.49. The van der Waals surface area contributed by atoms with Gasteiger partial charge in [0.15, 0.2) is 5.82 Å². The smallest absolute Gasteiger partial charge is 0.321 e. The zero-order valence-electron chi connectivity index (χ0n) is 12.6. The van der Waals surface area contributed by atoms with Crippen molar-refractivity contribution in [3.63, 3.8) is 0 Å². The molecule has 8 heteroatoms. The van der Waals surface area contributed by atoms with Crippen LogP contribution in [-0.2, 0) is 0 Å². The molecule has 2 amide bonds. The summed E-state index contributed by atoms with van der Waals surface area (Å²) in [6.07, 6.45) is 4.33. The highest BCUT2D eigenvalue weighted by atomic mass is 16.5. The van der Waals surface area contributed by atoms with Crippen LogP contribution in [0, 0.1) is 6.92 Å². The average Bonchev–Trinajstić information content (AvgIpc) is 3.27. The van der Waals surface area contributed by atoms with Crippen molar-refractivity contribution in [3.8, 4) is 0 Å². The minimum atomic E-state index is -0.133. The molecule has 1 N–H and O–H groups in total. The summed E-state index contributed by atoms with van der Waals surface area (Å²) < 4.78 is 6.74. The molecule has 4 rings (SSSR count). The highest BCUT2D eigenvalue weighted by Crippen LogP contribution is 2.26. The number of carbonyl (C=O) groups excluding carboxylic acids is 1. The molecule has 23 heavy (non-hydrogen) atoms. The maximum absolute atomic E-state index is 12.5. The van der Waals surface area contributed by atoms with E-state index in [0.29, 0.717) is 30.5 Å².